The first-order chi connectivity index (χ1) is 6.61. The van der Waals surface area contributed by atoms with E-state index in [9.17, 15) is 0 Å². The van der Waals surface area contributed by atoms with Gasteiger partial charge in [0.15, 0.2) is 5.05 Å². The summed E-state index contributed by atoms with van der Waals surface area (Å²) in [5, 5.41) is 9.24. The second-order valence-electron chi connectivity index (χ2n) is 2.49. The number of hydrogen-bond acceptors (Lipinski definition) is 4. The van der Waals surface area contributed by atoms with Crippen LogP contribution in [-0.2, 0) is 4.74 Å². The maximum atomic E-state index is 8.81. The molecule has 1 aromatic rings. The lowest BCUT2D eigenvalue weighted by Crippen LogP contribution is -2.05. The minimum atomic E-state index is 0.166. The average Bonchev–Trinajstić information content (AvgIpc) is 2.20. The van der Waals surface area contributed by atoms with Crippen LogP contribution in [0.1, 0.15) is 11.1 Å². The van der Waals surface area contributed by atoms with E-state index in [1.165, 1.54) is 7.11 Å². The molecule has 72 valence electrons. The number of nitrogens with two attached hydrogens (primary N) is 1. The van der Waals surface area contributed by atoms with Crippen molar-refractivity contribution in [3.05, 3.63) is 28.3 Å². The van der Waals surface area contributed by atoms with Crippen LogP contribution >= 0.6 is 23.8 Å². The number of nitrogens with zero attached hydrogens (tertiary/aromatic N) is 1. The summed E-state index contributed by atoms with van der Waals surface area (Å²) in [7, 11) is 1.42. The smallest absolute Gasteiger partial charge is 0.193 e. The Hall–Kier alpha value is -1.31. The van der Waals surface area contributed by atoms with E-state index < -0.39 is 0 Å². The second-order valence-corrected chi connectivity index (χ2v) is 3.24. The summed E-state index contributed by atoms with van der Waals surface area (Å²) >= 11 is 10.8. The van der Waals surface area contributed by atoms with Crippen molar-refractivity contribution in [1.29, 1.82) is 5.26 Å². The number of anilines is 1. The number of nitriles is 1. The second kappa shape index (κ2) is 4.27. The molecule has 0 spiro atoms. The van der Waals surface area contributed by atoms with Crippen LogP contribution in [0.3, 0.4) is 0 Å². The Balaban J connectivity index is 3.45. The normalized spacial score (nSPS) is 9.21. The molecular formula is C9H7ClN2OS. The molecule has 0 aliphatic carbocycles. The largest absolute Gasteiger partial charge is 0.486 e. The minimum absolute atomic E-state index is 0.166. The molecule has 0 unspecified atom stereocenters. The van der Waals surface area contributed by atoms with Gasteiger partial charge >= 0.3 is 0 Å². The summed E-state index contributed by atoms with van der Waals surface area (Å²) in [5.41, 5.74) is 6.69. The Bertz CT molecular complexity index is 426. The molecule has 0 heterocycles. The Morgan fingerprint density at radius 2 is 2.29 bits per heavy atom. The van der Waals surface area contributed by atoms with Crippen LogP contribution in [0.2, 0.25) is 5.02 Å². The summed E-state index contributed by atoms with van der Waals surface area (Å²) in [5.74, 6) is 0. The predicted molar refractivity (Wildman–Crippen MR) is 59.3 cm³/mol. The van der Waals surface area contributed by atoms with Crippen LogP contribution in [0, 0.1) is 11.3 Å². The Labute approximate surface area is 92.0 Å². The van der Waals surface area contributed by atoms with Gasteiger partial charge in [-0.3, -0.25) is 0 Å². The van der Waals surface area contributed by atoms with Crippen LogP contribution in [0.15, 0.2) is 12.1 Å². The SMILES string of the molecule is COC(=S)c1c(C#N)ccc(N)c1Cl. The Kier molecular flexibility index (Phi) is 3.28. The van der Waals surface area contributed by atoms with E-state index >= 15 is 0 Å². The fraction of sp³-hybridized carbons (Fsp3) is 0.111. The van der Waals surface area contributed by atoms with Crippen molar-refractivity contribution < 1.29 is 4.74 Å². The predicted octanol–water partition coefficient (Wildman–Crippen LogP) is 2.12. The van der Waals surface area contributed by atoms with Crippen molar-refractivity contribution in [3.8, 4) is 6.07 Å². The number of halogens is 1. The molecule has 0 aliphatic heterocycles. The number of ether oxygens (including phenoxy) is 1. The number of hydrogen-bond donors (Lipinski definition) is 1. The number of benzene rings is 1. The van der Waals surface area contributed by atoms with Crippen molar-refractivity contribution in [2.24, 2.45) is 0 Å². The fourth-order valence-corrected chi connectivity index (χ4v) is 1.51. The summed E-state index contributed by atoms with van der Waals surface area (Å²) in [6, 6.07) is 5.09. The number of thiocarbonyl (C=S) groups is 1. The van der Waals surface area contributed by atoms with Gasteiger partial charge in [-0.15, -0.1) is 0 Å². The lowest BCUT2D eigenvalue weighted by Gasteiger charge is -2.08. The lowest BCUT2D eigenvalue weighted by atomic mass is 10.1. The van der Waals surface area contributed by atoms with Crippen molar-refractivity contribution in [2.75, 3.05) is 12.8 Å². The highest BCUT2D eigenvalue weighted by Gasteiger charge is 2.14. The molecule has 14 heavy (non-hydrogen) atoms. The van der Waals surface area contributed by atoms with Crippen molar-refractivity contribution in [1.82, 2.24) is 0 Å². The molecule has 0 atom stereocenters. The highest BCUT2D eigenvalue weighted by molar-refractivity contribution is 7.80. The molecule has 1 rings (SSSR count). The maximum absolute atomic E-state index is 8.81. The zero-order valence-electron chi connectivity index (χ0n) is 7.37. The number of nitrogen functional groups attached to an aromatic ring is 1. The van der Waals surface area contributed by atoms with Crippen molar-refractivity contribution >= 4 is 34.6 Å². The highest BCUT2D eigenvalue weighted by Crippen LogP contribution is 2.27. The van der Waals surface area contributed by atoms with Gasteiger partial charge in [-0.05, 0) is 24.4 Å². The molecule has 1 aromatic carbocycles. The van der Waals surface area contributed by atoms with E-state index in [0.717, 1.165) is 0 Å². The molecule has 0 radical (unpaired) electrons. The first-order valence-electron chi connectivity index (χ1n) is 3.68. The third-order valence-electron chi connectivity index (χ3n) is 1.68. The van der Waals surface area contributed by atoms with Gasteiger partial charge in [-0.1, -0.05) is 11.6 Å². The number of methoxy groups -OCH3 is 1. The van der Waals surface area contributed by atoms with Crippen molar-refractivity contribution in [2.45, 2.75) is 0 Å². The van der Waals surface area contributed by atoms with Crippen LogP contribution in [0.4, 0.5) is 5.69 Å². The molecule has 0 saturated heterocycles. The molecule has 5 heteroatoms. The van der Waals surface area contributed by atoms with Crippen LogP contribution in [0.25, 0.3) is 0 Å². The molecule has 0 amide bonds. The van der Waals surface area contributed by atoms with E-state index in [4.69, 9.17) is 39.6 Å². The average molecular weight is 227 g/mol. The monoisotopic (exact) mass is 226 g/mol. The summed E-state index contributed by atoms with van der Waals surface area (Å²) in [6.07, 6.45) is 0. The summed E-state index contributed by atoms with van der Waals surface area (Å²) < 4.78 is 4.85. The molecule has 0 saturated carbocycles. The zero-order chi connectivity index (χ0) is 10.7. The van der Waals surface area contributed by atoms with Gasteiger partial charge in [0.25, 0.3) is 0 Å². The van der Waals surface area contributed by atoms with E-state index in [2.05, 4.69) is 0 Å². The van der Waals surface area contributed by atoms with E-state index in [1.54, 1.807) is 12.1 Å². The third-order valence-corrected chi connectivity index (χ3v) is 2.46. The van der Waals surface area contributed by atoms with E-state index in [1.807, 2.05) is 6.07 Å². The maximum Gasteiger partial charge on any atom is 0.193 e. The van der Waals surface area contributed by atoms with E-state index in [-0.39, 0.29) is 10.1 Å². The minimum Gasteiger partial charge on any atom is -0.486 e. The van der Waals surface area contributed by atoms with Gasteiger partial charge in [0, 0.05) is 0 Å². The summed E-state index contributed by atoms with van der Waals surface area (Å²) in [6.45, 7) is 0. The van der Waals surface area contributed by atoms with Gasteiger partial charge in [-0.25, -0.2) is 0 Å². The van der Waals surface area contributed by atoms with Crippen LogP contribution < -0.4 is 5.73 Å². The molecule has 3 nitrogen and oxygen atoms in total. The van der Waals surface area contributed by atoms with Gasteiger partial charge in [0.2, 0.25) is 0 Å². The lowest BCUT2D eigenvalue weighted by molar-refractivity contribution is 0.416. The highest BCUT2D eigenvalue weighted by atomic mass is 35.5. The van der Waals surface area contributed by atoms with Gasteiger partial charge in [-0.2, -0.15) is 5.26 Å². The molecular weight excluding hydrogens is 220 g/mol. The first kappa shape index (κ1) is 10.8. The van der Waals surface area contributed by atoms with Crippen LogP contribution in [0.5, 0.6) is 0 Å². The van der Waals surface area contributed by atoms with Crippen LogP contribution in [-0.4, -0.2) is 12.2 Å². The van der Waals surface area contributed by atoms with Gasteiger partial charge in [0.05, 0.1) is 35.0 Å². The Morgan fingerprint density at radius 3 is 2.79 bits per heavy atom. The quantitative estimate of drug-likeness (QED) is 0.589. The summed E-state index contributed by atoms with van der Waals surface area (Å²) in [4.78, 5) is 0. The molecule has 0 aliphatic rings. The fourth-order valence-electron chi connectivity index (χ4n) is 0.987. The zero-order valence-corrected chi connectivity index (χ0v) is 8.95. The Morgan fingerprint density at radius 1 is 1.64 bits per heavy atom. The molecule has 2 N–H and O–H groups in total. The van der Waals surface area contributed by atoms with Gasteiger partial charge in [0.1, 0.15) is 0 Å². The molecule has 0 aromatic heterocycles. The molecule has 0 bridgehead atoms. The number of rotatable bonds is 1. The van der Waals surface area contributed by atoms with E-state index in [0.29, 0.717) is 16.8 Å². The first-order valence-corrected chi connectivity index (χ1v) is 4.46. The topological polar surface area (TPSA) is 59.0 Å². The molecule has 0 fully saturated rings. The van der Waals surface area contributed by atoms with Gasteiger partial charge < -0.3 is 10.5 Å². The standard InChI is InChI=1S/C9H7ClN2OS/c1-13-9(14)7-5(4-11)2-3-6(12)8(7)10/h2-3H,12H2,1H3. The third kappa shape index (κ3) is 1.79. The van der Waals surface area contributed by atoms with Crippen molar-refractivity contribution in [3.63, 3.8) is 0 Å².